The number of benzene rings is 1. The molecule has 1 heterocycles. The van der Waals surface area contributed by atoms with Gasteiger partial charge in [-0.1, -0.05) is 0 Å². The van der Waals surface area contributed by atoms with Crippen molar-refractivity contribution in [3.63, 3.8) is 0 Å². The Bertz CT molecular complexity index is 633. The Morgan fingerprint density at radius 1 is 1.29 bits per heavy atom. The summed E-state index contributed by atoms with van der Waals surface area (Å²) in [4.78, 5) is 24.3. The monoisotopic (exact) mass is 300 g/mol. The zero-order chi connectivity index (χ0) is 15.8. The summed E-state index contributed by atoms with van der Waals surface area (Å²) in [6.45, 7) is -0.512. The number of hydrogen-bond acceptors (Lipinski definition) is 3. The molecule has 1 fully saturated rings. The highest BCUT2D eigenvalue weighted by Crippen LogP contribution is 2.46. The van der Waals surface area contributed by atoms with Crippen molar-refractivity contribution in [1.29, 1.82) is 5.26 Å². The first-order chi connectivity index (χ1) is 9.73. The Hall–Kier alpha value is -2.43. The van der Waals surface area contributed by atoms with Crippen LogP contribution < -0.4 is 0 Å². The number of nitrogens with zero attached hydrogens (tertiary/aromatic N) is 2. The lowest BCUT2D eigenvalue weighted by Crippen LogP contribution is -2.45. The molecular formula is C13H8F4N2O2. The molecule has 1 aliphatic heterocycles. The molecule has 1 aromatic carbocycles. The van der Waals surface area contributed by atoms with E-state index in [-0.39, 0.29) is 5.56 Å². The molecule has 1 aliphatic rings. The number of hydrogen-bond donors (Lipinski definition) is 0. The highest BCUT2D eigenvalue weighted by Gasteiger charge is 2.66. The number of carbonyl (C=O) groups excluding carboxylic acids is 2. The number of likely N-dealkylation sites (tertiary alicyclic amines) is 1. The summed E-state index contributed by atoms with van der Waals surface area (Å²) in [5, 5.41) is 8.75. The first-order valence-corrected chi connectivity index (χ1v) is 5.83. The quantitative estimate of drug-likeness (QED) is 0.590. The minimum atomic E-state index is -5.06. The van der Waals surface area contributed by atoms with Crippen LogP contribution in [0, 0.1) is 22.6 Å². The highest BCUT2D eigenvalue weighted by atomic mass is 19.4. The van der Waals surface area contributed by atoms with E-state index >= 15 is 0 Å². The fraction of sp³-hybridized carbons (Fsp3) is 0.308. The van der Waals surface area contributed by atoms with Crippen molar-refractivity contribution in [3.05, 3.63) is 35.6 Å². The Morgan fingerprint density at radius 3 is 2.29 bits per heavy atom. The molecule has 8 heteroatoms. The standard InChI is InChI=1S/C13H8F4N2O2/c14-9-3-1-8(2-4-9)10(20)19-6-5-12(7-18,11(19)21)13(15,16)17/h1-4H,5-6H2. The molecule has 0 N–H and O–H groups in total. The van der Waals surface area contributed by atoms with Crippen LogP contribution in [-0.2, 0) is 4.79 Å². The van der Waals surface area contributed by atoms with Crippen LogP contribution in [0.3, 0.4) is 0 Å². The van der Waals surface area contributed by atoms with Crippen molar-refractivity contribution in [2.45, 2.75) is 12.6 Å². The first kappa shape index (κ1) is 15.0. The molecule has 1 unspecified atom stereocenters. The summed E-state index contributed by atoms with van der Waals surface area (Å²) in [5.74, 6) is -3.20. The van der Waals surface area contributed by atoms with Crippen LogP contribution in [0.2, 0.25) is 0 Å². The fourth-order valence-corrected chi connectivity index (χ4v) is 2.09. The topological polar surface area (TPSA) is 61.2 Å². The molecule has 110 valence electrons. The third-order valence-electron chi connectivity index (χ3n) is 3.33. The molecule has 1 atom stereocenters. The molecule has 0 saturated carbocycles. The van der Waals surface area contributed by atoms with Crippen molar-refractivity contribution < 1.29 is 27.2 Å². The minimum Gasteiger partial charge on any atom is -0.277 e. The number of nitriles is 1. The van der Waals surface area contributed by atoms with Crippen LogP contribution in [-0.4, -0.2) is 29.4 Å². The van der Waals surface area contributed by atoms with E-state index in [1.807, 2.05) is 0 Å². The van der Waals surface area contributed by atoms with Crippen molar-refractivity contribution >= 4 is 11.8 Å². The SMILES string of the molecule is N#CC1(C(F)(F)F)CCN(C(=O)c2ccc(F)cc2)C1=O. The third-order valence-corrected chi connectivity index (χ3v) is 3.33. The van der Waals surface area contributed by atoms with E-state index < -0.39 is 42.2 Å². The maximum absolute atomic E-state index is 12.9. The molecular weight excluding hydrogens is 292 g/mol. The molecule has 1 saturated heterocycles. The Kier molecular flexibility index (Phi) is 3.45. The number of amides is 2. The number of alkyl halides is 3. The van der Waals surface area contributed by atoms with Gasteiger partial charge < -0.3 is 0 Å². The largest absolute Gasteiger partial charge is 0.416 e. The summed E-state index contributed by atoms with van der Waals surface area (Å²) in [6.07, 6.45) is -5.87. The van der Waals surface area contributed by atoms with Gasteiger partial charge in [-0.3, -0.25) is 14.5 Å². The summed E-state index contributed by atoms with van der Waals surface area (Å²) in [7, 11) is 0. The average molecular weight is 300 g/mol. The predicted molar refractivity (Wildman–Crippen MR) is 61.2 cm³/mol. The van der Waals surface area contributed by atoms with Crippen LogP contribution in [0.1, 0.15) is 16.8 Å². The molecule has 0 radical (unpaired) electrons. The molecule has 0 spiro atoms. The molecule has 0 aliphatic carbocycles. The van der Waals surface area contributed by atoms with Gasteiger partial charge in [0.05, 0.1) is 6.07 Å². The van der Waals surface area contributed by atoms with Crippen LogP contribution in [0.25, 0.3) is 0 Å². The number of halogens is 4. The van der Waals surface area contributed by atoms with Crippen LogP contribution >= 0.6 is 0 Å². The second kappa shape index (κ2) is 4.84. The Morgan fingerprint density at radius 2 is 1.86 bits per heavy atom. The Labute approximate surface area is 116 Å². The maximum atomic E-state index is 12.9. The van der Waals surface area contributed by atoms with E-state index in [4.69, 9.17) is 5.26 Å². The second-order valence-electron chi connectivity index (χ2n) is 4.53. The van der Waals surface area contributed by atoms with E-state index in [1.165, 1.54) is 0 Å². The lowest BCUT2D eigenvalue weighted by Gasteiger charge is -2.22. The van der Waals surface area contributed by atoms with Gasteiger partial charge in [0, 0.05) is 18.5 Å². The third kappa shape index (κ3) is 2.24. The zero-order valence-electron chi connectivity index (χ0n) is 10.4. The van der Waals surface area contributed by atoms with Gasteiger partial charge >= 0.3 is 6.18 Å². The number of carbonyl (C=O) groups is 2. The molecule has 4 nitrogen and oxygen atoms in total. The van der Waals surface area contributed by atoms with E-state index in [1.54, 1.807) is 0 Å². The first-order valence-electron chi connectivity index (χ1n) is 5.83. The van der Waals surface area contributed by atoms with Crippen molar-refractivity contribution in [2.75, 3.05) is 6.54 Å². The lowest BCUT2D eigenvalue weighted by atomic mass is 9.87. The predicted octanol–water partition coefficient (Wildman–Crippen LogP) is 2.27. The Balaban J connectivity index is 2.32. The molecule has 0 bridgehead atoms. The van der Waals surface area contributed by atoms with E-state index in [0.717, 1.165) is 30.3 Å². The fourth-order valence-electron chi connectivity index (χ4n) is 2.09. The molecule has 0 aromatic heterocycles. The van der Waals surface area contributed by atoms with Gasteiger partial charge in [0.1, 0.15) is 5.82 Å². The van der Waals surface area contributed by atoms with Gasteiger partial charge in [-0.15, -0.1) is 0 Å². The summed E-state index contributed by atoms with van der Waals surface area (Å²) >= 11 is 0. The second-order valence-corrected chi connectivity index (χ2v) is 4.53. The van der Waals surface area contributed by atoms with Crippen molar-refractivity contribution in [2.24, 2.45) is 5.41 Å². The highest BCUT2D eigenvalue weighted by molar-refractivity contribution is 6.08. The maximum Gasteiger partial charge on any atom is 0.416 e. The average Bonchev–Trinajstić information content (AvgIpc) is 2.76. The molecule has 1 aromatic rings. The van der Waals surface area contributed by atoms with Crippen LogP contribution in [0.5, 0.6) is 0 Å². The van der Waals surface area contributed by atoms with Crippen molar-refractivity contribution in [3.8, 4) is 6.07 Å². The minimum absolute atomic E-state index is 0.124. The van der Waals surface area contributed by atoms with Crippen LogP contribution in [0.15, 0.2) is 24.3 Å². The van der Waals surface area contributed by atoms with Gasteiger partial charge in [0.25, 0.3) is 11.8 Å². The molecule has 21 heavy (non-hydrogen) atoms. The van der Waals surface area contributed by atoms with Crippen molar-refractivity contribution in [1.82, 2.24) is 4.90 Å². The number of rotatable bonds is 1. The smallest absolute Gasteiger partial charge is 0.277 e. The van der Waals surface area contributed by atoms with E-state index in [0.29, 0.717) is 4.90 Å². The number of imide groups is 1. The lowest BCUT2D eigenvalue weighted by molar-refractivity contribution is -0.201. The summed E-state index contributed by atoms with van der Waals surface area (Å²) in [5.41, 5.74) is -3.32. The normalized spacial score (nSPS) is 22.2. The van der Waals surface area contributed by atoms with E-state index in [2.05, 4.69) is 0 Å². The van der Waals surface area contributed by atoms with Crippen LogP contribution in [0.4, 0.5) is 17.6 Å². The summed E-state index contributed by atoms with van der Waals surface area (Å²) in [6, 6.07) is 5.01. The summed E-state index contributed by atoms with van der Waals surface area (Å²) < 4.78 is 51.5. The molecule has 2 rings (SSSR count). The van der Waals surface area contributed by atoms with Gasteiger partial charge in [-0.25, -0.2) is 4.39 Å². The van der Waals surface area contributed by atoms with E-state index in [9.17, 15) is 27.2 Å². The van der Waals surface area contributed by atoms with Gasteiger partial charge in [-0.05, 0) is 24.3 Å². The molecule has 2 amide bonds. The van der Waals surface area contributed by atoms with Gasteiger partial charge in [-0.2, -0.15) is 18.4 Å². The van der Waals surface area contributed by atoms with Gasteiger partial charge in [0.2, 0.25) is 5.41 Å². The van der Waals surface area contributed by atoms with Gasteiger partial charge in [0.15, 0.2) is 0 Å². The zero-order valence-corrected chi connectivity index (χ0v) is 10.4.